The number of benzene rings is 2. The summed E-state index contributed by atoms with van der Waals surface area (Å²) in [5.41, 5.74) is 5.16. The SMILES string of the molecule is Cn1c2c(c3cc(Cl)ccc31)CCCC2N(C=O)C1CCNCC1c1ccccc1. The molecular weight excluding hydrogens is 394 g/mol. The molecule has 1 amide bonds. The Morgan fingerprint density at radius 2 is 2.00 bits per heavy atom. The fourth-order valence-corrected chi connectivity index (χ4v) is 5.90. The molecule has 3 unspecified atom stereocenters. The molecule has 5 heteroatoms. The van der Waals surface area contributed by atoms with Crippen LogP contribution in [0.4, 0.5) is 0 Å². The summed E-state index contributed by atoms with van der Waals surface area (Å²) in [6.07, 6.45) is 5.23. The standard InChI is InChI=1S/C25H28ClN3O/c1-28-22-11-10-18(26)14-20(22)19-8-5-9-24(25(19)28)29(16-30)23-12-13-27-15-21(23)17-6-3-2-4-7-17/h2-4,6-7,10-11,14,16,21,23-24,27H,5,8-9,12-13,15H2,1H3. The molecule has 5 rings (SSSR count). The molecule has 3 atom stereocenters. The average Bonchev–Trinajstić information content (AvgIpc) is 3.07. The first kappa shape index (κ1) is 19.7. The fraction of sp³-hybridized carbons (Fsp3) is 0.400. The summed E-state index contributed by atoms with van der Waals surface area (Å²) in [6, 6.07) is 17.1. The largest absolute Gasteiger partial charge is 0.346 e. The number of nitrogens with zero attached hydrogens (tertiary/aromatic N) is 2. The smallest absolute Gasteiger partial charge is 0.210 e. The lowest BCUT2D eigenvalue weighted by Gasteiger charge is -2.44. The van der Waals surface area contributed by atoms with Gasteiger partial charge in [-0.2, -0.15) is 0 Å². The van der Waals surface area contributed by atoms with Gasteiger partial charge in [0.25, 0.3) is 0 Å². The Balaban J connectivity index is 1.58. The van der Waals surface area contributed by atoms with Crippen molar-refractivity contribution in [3.63, 3.8) is 0 Å². The monoisotopic (exact) mass is 421 g/mol. The summed E-state index contributed by atoms with van der Waals surface area (Å²) in [5, 5.41) is 5.55. The van der Waals surface area contributed by atoms with Gasteiger partial charge in [-0.25, -0.2) is 0 Å². The van der Waals surface area contributed by atoms with Crippen LogP contribution < -0.4 is 5.32 Å². The van der Waals surface area contributed by atoms with Gasteiger partial charge in [0, 0.05) is 47.2 Å². The fourth-order valence-electron chi connectivity index (χ4n) is 5.72. The number of aromatic nitrogens is 1. The van der Waals surface area contributed by atoms with Crippen molar-refractivity contribution in [2.45, 2.75) is 43.7 Å². The van der Waals surface area contributed by atoms with Crippen LogP contribution in [0.2, 0.25) is 5.02 Å². The number of rotatable bonds is 4. The van der Waals surface area contributed by atoms with Crippen LogP contribution in [0.1, 0.15) is 48.0 Å². The topological polar surface area (TPSA) is 37.3 Å². The minimum atomic E-state index is 0.108. The van der Waals surface area contributed by atoms with Crippen LogP contribution in [0.3, 0.4) is 0 Å². The summed E-state index contributed by atoms with van der Waals surface area (Å²) in [7, 11) is 2.13. The molecule has 0 bridgehead atoms. The molecule has 2 aliphatic rings. The Kier molecular flexibility index (Phi) is 5.30. The van der Waals surface area contributed by atoms with Gasteiger partial charge in [0.1, 0.15) is 0 Å². The van der Waals surface area contributed by atoms with Gasteiger partial charge in [0.2, 0.25) is 6.41 Å². The zero-order chi connectivity index (χ0) is 20.7. The van der Waals surface area contributed by atoms with Crippen molar-refractivity contribution in [1.82, 2.24) is 14.8 Å². The van der Waals surface area contributed by atoms with Crippen LogP contribution in [0.25, 0.3) is 10.9 Å². The normalized spacial score (nSPS) is 23.9. The summed E-state index contributed by atoms with van der Waals surface area (Å²) in [4.78, 5) is 14.7. The third kappa shape index (κ3) is 3.23. The van der Waals surface area contributed by atoms with Crippen molar-refractivity contribution in [1.29, 1.82) is 0 Å². The van der Waals surface area contributed by atoms with Crippen molar-refractivity contribution in [3.05, 3.63) is 70.4 Å². The number of hydrogen-bond donors (Lipinski definition) is 1. The number of amides is 1. The van der Waals surface area contributed by atoms with E-state index in [4.69, 9.17) is 11.6 Å². The molecular formula is C25H28ClN3O. The van der Waals surface area contributed by atoms with Crippen molar-refractivity contribution in [2.24, 2.45) is 7.05 Å². The number of nitrogens with one attached hydrogen (secondary N) is 1. The Morgan fingerprint density at radius 1 is 1.17 bits per heavy atom. The highest BCUT2D eigenvalue weighted by atomic mass is 35.5. The maximum atomic E-state index is 12.5. The minimum absolute atomic E-state index is 0.108. The number of halogens is 1. The van der Waals surface area contributed by atoms with E-state index in [0.717, 1.165) is 50.2 Å². The van der Waals surface area contributed by atoms with Crippen molar-refractivity contribution in [3.8, 4) is 0 Å². The number of piperidine rings is 1. The van der Waals surface area contributed by atoms with E-state index in [1.54, 1.807) is 0 Å². The first-order chi connectivity index (χ1) is 14.7. The molecule has 1 N–H and O–H groups in total. The van der Waals surface area contributed by atoms with E-state index >= 15 is 0 Å². The second kappa shape index (κ2) is 8.09. The van der Waals surface area contributed by atoms with Gasteiger partial charge in [-0.15, -0.1) is 0 Å². The van der Waals surface area contributed by atoms with E-state index in [9.17, 15) is 4.79 Å². The van der Waals surface area contributed by atoms with E-state index < -0.39 is 0 Å². The molecule has 0 radical (unpaired) electrons. The molecule has 1 saturated heterocycles. The number of carbonyl (C=O) groups excluding carboxylic acids is 1. The van der Waals surface area contributed by atoms with Crippen LogP contribution in [0.5, 0.6) is 0 Å². The number of hydrogen-bond acceptors (Lipinski definition) is 2. The quantitative estimate of drug-likeness (QED) is 0.613. The van der Waals surface area contributed by atoms with Crippen LogP contribution in [-0.2, 0) is 18.3 Å². The van der Waals surface area contributed by atoms with E-state index in [1.807, 2.05) is 6.07 Å². The predicted octanol–water partition coefficient (Wildman–Crippen LogP) is 4.81. The third-order valence-corrected chi connectivity index (χ3v) is 7.31. The minimum Gasteiger partial charge on any atom is -0.346 e. The molecule has 1 aromatic heterocycles. The van der Waals surface area contributed by atoms with Crippen molar-refractivity contribution >= 4 is 28.9 Å². The van der Waals surface area contributed by atoms with E-state index in [0.29, 0.717) is 5.92 Å². The Hall–Kier alpha value is -2.30. The van der Waals surface area contributed by atoms with E-state index in [1.165, 1.54) is 27.7 Å². The zero-order valence-electron chi connectivity index (χ0n) is 17.4. The van der Waals surface area contributed by atoms with Gasteiger partial charge in [0.05, 0.1) is 6.04 Å². The van der Waals surface area contributed by atoms with Crippen LogP contribution >= 0.6 is 11.6 Å². The molecule has 2 heterocycles. The lowest BCUT2D eigenvalue weighted by molar-refractivity contribution is -0.124. The van der Waals surface area contributed by atoms with Gasteiger partial charge in [-0.05, 0) is 61.6 Å². The second-order valence-electron chi connectivity index (χ2n) is 8.62. The van der Waals surface area contributed by atoms with E-state index in [2.05, 4.69) is 64.3 Å². The summed E-state index contributed by atoms with van der Waals surface area (Å²) < 4.78 is 2.29. The van der Waals surface area contributed by atoms with Gasteiger partial charge >= 0.3 is 0 Å². The number of carbonyl (C=O) groups is 1. The molecule has 30 heavy (non-hydrogen) atoms. The number of fused-ring (bicyclic) bond motifs is 3. The highest BCUT2D eigenvalue weighted by molar-refractivity contribution is 6.31. The van der Waals surface area contributed by atoms with Crippen LogP contribution in [0.15, 0.2) is 48.5 Å². The molecule has 3 aromatic rings. The average molecular weight is 422 g/mol. The molecule has 1 aliphatic heterocycles. The molecule has 0 saturated carbocycles. The Morgan fingerprint density at radius 3 is 2.80 bits per heavy atom. The maximum absolute atomic E-state index is 12.5. The van der Waals surface area contributed by atoms with Gasteiger partial charge in [0.15, 0.2) is 0 Å². The van der Waals surface area contributed by atoms with Crippen molar-refractivity contribution < 1.29 is 4.79 Å². The molecule has 0 spiro atoms. The Bertz CT molecular complexity index is 1060. The molecule has 1 aliphatic carbocycles. The third-order valence-electron chi connectivity index (χ3n) is 7.07. The highest BCUT2D eigenvalue weighted by Crippen LogP contribution is 2.42. The summed E-state index contributed by atoms with van der Waals surface area (Å²) in [6.45, 7) is 1.85. The van der Waals surface area contributed by atoms with E-state index in [-0.39, 0.29) is 12.1 Å². The maximum Gasteiger partial charge on any atom is 0.210 e. The molecule has 1 fully saturated rings. The number of aryl methyl sites for hydroxylation is 2. The van der Waals surface area contributed by atoms with Gasteiger partial charge < -0.3 is 14.8 Å². The zero-order valence-corrected chi connectivity index (χ0v) is 18.1. The molecule has 2 aromatic carbocycles. The summed E-state index contributed by atoms with van der Waals surface area (Å²) in [5.74, 6) is 0.305. The molecule has 4 nitrogen and oxygen atoms in total. The van der Waals surface area contributed by atoms with Gasteiger partial charge in [-0.1, -0.05) is 41.9 Å². The van der Waals surface area contributed by atoms with Crippen LogP contribution in [-0.4, -0.2) is 35.0 Å². The highest BCUT2D eigenvalue weighted by Gasteiger charge is 2.38. The van der Waals surface area contributed by atoms with Crippen LogP contribution in [0, 0.1) is 0 Å². The van der Waals surface area contributed by atoms with Crippen molar-refractivity contribution in [2.75, 3.05) is 13.1 Å². The Labute approximate surface area is 182 Å². The first-order valence-electron chi connectivity index (χ1n) is 10.9. The lowest BCUT2D eigenvalue weighted by Crippen LogP contribution is -2.49. The predicted molar refractivity (Wildman–Crippen MR) is 122 cm³/mol. The van der Waals surface area contributed by atoms with Gasteiger partial charge in [-0.3, -0.25) is 4.79 Å². The molecule has 156 valence electrons. The second-order valence-corrected chi connectivity index (χ2v) is 9.06. The lowest BCUT2D eigenvalue weighted by atomic mass is 9.83. The summed E-state index contributed by atoms with van der Waals surface area (Å²) >= 11 is 6.32. The first-order valence-corrected chi connectivity index (χ1v) is 11.3.